The summed E-state index contributed by atoms with van der Waals surface area (Å²) in [6.45, 7) is 0. The van der Waals surface area contributed by atoms with Crippen molar-refractivity contribution in [2.75, 3.05) is 0 Å². The topological polar surface area (TPSA) is 84.8 Å². The summed E-state index contributed by atoms with van der Waals surface area (Å²) in [7, 11) is -4.07. The molecule has 0 radical (unpaired) electrons. The smallest absolute Gasteiger partial charge is 0.282 e. The Kier molecular flexibility index (Phi) is 5.32. The van der Waals surface area contributed by atoms with E-state index in [0.29, 0.717) is 5.02 Å². The molecule has 0 saturated carbocycles. The highest BCUT2D eigenvalue weighted by atomic mass is 35.5. The minimum Gasteiger partial charge on any atom is -0.379 e. The number of sulfonamides is 1. The zero-order chi connectivity index (χ0) is 21.2. The highest BCUT2D eigenvalue weighted by Crippen LogP contribution is 2.41. The van der Waals surface area contributed by atoms with Crippen LogP contribution in [0.4, 0.5) is 0 Å². The first-order valence-electron chi connectivity index (χ1n) is 9.09. The van der Waals surface area contributed by atoms with Gasteiger partial charge in [-0.25, -0.2) is 13.1 Å². The van der Waals surface area contributed by atoms with Crippen LogP contribution in [0.1, 0.15) is 17.5 Å². The zero-order valence-corrected chi connectivity index (χ0v) is 17.2. The van der Waals surface area contributed by atoms with E-state index in [1.165, 1.54) is 24.3 Å². The molecule has 3 aromatic rings. The molecule has 0 spiro atoms. The number of hydrogen-bond acceptors (Lipinski definition) is 5. The average Bonchev–Trinajstić information content (AvgIpc) is 3.22. The molecule has 0 bridgehead atoms. The van der Waals surface area contributed by atoms with Gasteiger partial charge < -0.3 is 4.84 Å². The van der Waals surface area contributed by atoms with E-state index in [1.807, 2.05) is 60.7 Å². The first-order chi connectivity index (χ1) is 14.4. The van der Waals surface area contributed by atoms with Crippen LogP contribution in [-0.4, -0.2) is 20.0 Å². The number of carbonyl (C=O) groups is 1. The normalized spacial score (nSPS) is 15.2. The predicted molar refractivity (Wildman–Crippen MR) is 114 cm³/mol. The van der Waals surface area contributed by atoms with Gasteiger partial charge in [0.25, 0.3) is 15.9 Å². The minimum atomic E-state index is -4.07. The van der Waals surface area contributed by atoms with E-state index in [4.69, 9.17) is 16.4 Å². The van der Waals surface area contributed by atoms with Crippen molar-refractivity contribution < 1.29 is 18.0 Å². The van der Waals surface area contributed by atoms with Crippen molar-refractivity contribution in [3.63, 3.8) is 0 Å². The van der Waals surface area contributed by atoms with Crippen molar-refractivity contribution in [2.24, 2.45) is 5.16 Å². The second-order valence-electron chi connectivity index (χ2n) is 6.75. The van der Waals surface area contributed by atoms with Crippen molar-refractivity contribution in [3.05, 3.63) is 101 Å². The van der Waals surface area contributed by atoms with Crippen LogP contribution in [0.15, 0.2) is 95.0 Å². The summed E-state index contributed by atoms with van der Waals surface area (Å²) in [6, 6.07) is 24.3. The van der Waals surface area contributed by atoms with Crippen LogP contribution < -0.4 is 4.72 Å². The summed E-state index contributed by atoms with van der Waals surface area (Å²) in [4.78, 5) is 18.4. The Morgan fingerprint density at radius 3 is 1.97 bits per heavy atom. The number of carbonyl (C=O) groups excluding carboxylic acids is 1. The van der Waals surface area contributed by atoms with E-state index in [0.717, 1.165) is 11.1 Å². The maximum atomic E-state index is 12.7. The van der Waals surface area contributed by atoms with Crippen LogP contribution in [0.25, 0.3) is 0 Å². The second kappa shape index (κ2) is 7.93. The summed E-state index contributed by atoms with van der Waals surface area (Å²) < 4.78 is 27.1. The molecule has 1 aliphatic rings. The summed E-state index contributed by atoms with van der Waals surface area (Å²) >= 11 is 5.80. The third kappa shape index (κ3) is 3.81. The Morgan fingerprint density at radius 2 is 1.43 bits per heavy atom. The average molecular weight is 441 g/mol. The van der Waals surface area contributed by atoms with Gasteiger partial charge in [-0.2, -0.15) is 0 Å². The van der Waals surface area contributed by atoms with Crippen molar-refractivity contribution in [3.8, 4) is 0 Å². The van der Waals surface area contributed by atoms with Gasteiger partial charge in [0.1, 0.15) is 0 Å². The largest absolute Gasteiger partial charge is 0.379 e. The molecule has 8 heteroatoms. The van der Waals surface area contributed by atoms with Crippen LogP contribution in [-0.2, 0) is 25.3 Å². The number of rotatable bonds is 5. The van der Waals surface area contributed by atoms with Gasteiger partial charge >= 0.3 is 0 Å². The molecule has 0 unspecified atom stereocenters. The molecule has 152 valence electrons. The van der Waals surface area contributed by atoms with Crippen LogP contribution in [0.3, 0.4) is 0 Å². The fourth-order valence-electron chi connectivity index (χ4n) is 3.30. The highest BCUT2D eigenvalue weighted by molar-refractivity contribution is 7.90. The van der Waals surface area contributed by atoms with Crippen molar-refractivity contribution >= 4 is 33.2 Å². The Bertz CT molecular complexity index is 1160. The number of hydrogen-bond donors (Lipinski definition) is 1. The predicted octanol–water partition coefficient (Wildman–Crippen LogP) is 3.87. The molecule has 30 heavy (non-hydrogen) atoms. The highest BCUT2D eigenvalue weighted by Gasteiger charge is 2.45. The third-order valence-electron chi connectivity index (χ3n) is 4.82. The lowest BCUT2D eigenvalue weighted by Crippen LogP contribution is -2.37. The fourth-order valence-corrected chi connectivity index (χ4v) is 4.40. The zero-order valence-electron chi connectivity index (χ0n) is 15.7. The van der Waals surface area contributed by atoms with E-state index in [-0.39, 0.29) is 17.0 Å². The summed E-state index contributed by atoms with van der Waals surface area (Å²) in [6.07, 6.45) is 0.0863. The maximum Gasteiger partial charge on any atom is 0.282 e. The molecule has 3 aromatic carbocycles. The first kappa shape index (κ1) is 20.1. The van der Waals surface area contributed by atoms with Gasteiger partial charge in [0, 0.05) is 16.1 Å². The number of nitrogens with zero attached hydrogens (tertiary/aromatic N) is 1. The molecule has 6 nitrogen and oxygen atoms in total. The number of amides is 1. The summed E-state index contributed by atoms with van der Waals surface area (Å²) in [5.41, 5.74) is 0.589. The quantitative estimate of drug-likeness (QED) is 0.652. The Balaban J connectivity index is 1.61. The fraction of sp³-hybridized carbons (Fsp3) is 0.0909. The van der Waals surface area contributed by atoms with Crippen molar-refractivity contribution in [2.45, 2.75) is 16.9 Å². The molecular weight excluding hydrogens is 424 g/mol. The molecule has 1 aliphatic heterocycles. The van der Waals surface area contributed by atoms with Crippen LogP contribution in [0.5, 0.6) is 0 Å². The lowest BCUT2D eigenvalue weighted by atomic mass is 9.82. The lowest BCUT2D eigenvalue weighted by molar-refractivity contribution is -0.113. The van der Waals surface area contributed by atoms with Gasteiger partial charge in [-0.1, -0.05) is 77.4 Å². The Labute approximate surface area is 179 Å². The molecule has 0 aromatic heterocycles. The van der Waals surface area contributed by atoms with E-state index < -0.39 is 21.5 Å². The standard InChI is InChI=1S/C22H17ClN2O4S/c23-18-11-13-19(14-12-18)30(27,28)25-21(26)20-15-22(29-24-20,16-7-3-1-4-8-16)17-9-5-2-6-10-17/h1-14H,15H2,(H,25,26). The minimum absolute atomic E-state index is 0.0137. The van der Waals surface area contributed by atoms with E-state index in [9.17, 15) is 13.2 Å². The molecule has 0 atom stereocenters. The molecule has 0 saturated heterocycles. The number of nitrogens with one attached hydrogen (secondary N) is 1. The van der Waals surface area contributed by atoms with Gasteiger partial charge in [-0.05, 0) is 24.3 Å². The third-order valence-corrected chi connectivity index (χ3v) is 6.42. The van der Waals surface area contributed by atoms with Crippen molar-refractivity contribution in [1.29, 1.82) is 0 Å². The van der Waals surface area contributed by atoms with E-state index >= 15 is 0 Å². The van der Waals surface area contributed by atoms with Crippen LogP contribution in [0.2, 0.25) is 5.02 Å². The van der Waals surface area contributed by atoms with Crippen LogP contribution >= 0.6 is 11.6 Å². The Morgan fingerprint density at radius 1 is 0.900 bits per heavy atom. The van der Waals surface area contributed by atoms with E-state index in [2.05, 4.69) is 9.88 Å². The SMILES string of the molecule is O=C(NS(=O)(=O)c1ccc(Cl)cc1)C1=NOC(c2ccccc2)(c2ccccc2)C1. The lowest BCUT2D eigenvalue weighted by Gasteiger charge is -2.27. The monoisotopic (exact) mass is 440 g/mol. The Hall–Kier alpha value is -3.16. The molecule has 1 heterocycles. The molecule has 1 amide bonds. The van der Waals surface area contributed by atoms with Gasteiger partial charge in [0.2, 0.25) is 0 Å². The number of halogens is 1. The molecule has 0 aliphatic carbocycles. The summed E-state index contributed by atoms with van der Waals surface area (Å²) in [5.74, 6) is -0.835. The maximum absolute atomic E-state index is 12.7. The van der Waals surface area contributed by atoms with Gasteiger partial charge in [-0.3, -0.25) is 4.79 Å². The molecular formula is C22H17ClN2O4S. The number of oxime groups is 1. The van der Waals surface area contributed by atoms with Gasteiger partial charge in [0.15, 0.2) is 11.3 Å². The number of benzene rings is 3. The van der Waals surface area contributed by atoms with Crippen LogP contribution in [0, 0.1) is 0 Å². The van der Waals surface area contributed by atoms with Gasteiger partial charge in [-0.15, -0.1) is 0 Å². The van der Waals surface area contributed by atoms with E-state index in [1.54, 1.807) is 0 Å². The molecule has 1 N–H and O–H groups in total. The van der Waals surface area contributed by atoms with Gasteiger partial charge in [0.05, 0.1) is 11.3 Å². The molecule has 0 fully saturated rings. The second-order valence-corrected chi connectivity index (χ2v) is 8.87. The molecule has 4 rings (SSSR count). The summed E-state index contributed by atoms with van der Waals surface area (Å²) in [5, 5.41) is 4.35. The first-order valence-corrected chi connectivity index (χ1v) is 11.0. The van der Waals surface area contributed by atoms with Crippen molar-refractivity contribution in [1.82, 2.24) is 4.72 Å².